The smallest absolute Gasteiger partial charge is 0.225 e. The maximum atomic E-state index is 4.78. The quantitative estimate of drug-likeness (QED) is 0.642. The predicted octanol–water partition coefficient (Wildman–Crippen LogP) is 3.19. The average molecular weight is 394 g/mol. The van der Waals surface area contributed by atoms with E-state index in [1.807, 2.05) is 45.7 Å². The topological polar surface area (TPSA) is 70.9 Å². The lowest BCUT2D eigenvalue weighted by atomic mass is 9.86. The molecule has 7 heteroatoms. The molecule has 0 aliphatic heterocycles. The van der Waals surface area contributed by atoms with Crippen molar-refractivity contribution in [2.75, 3.05) is 30.9 Å². The maximum absolute atomic E-state index is 4.78. The van der Waals surface area contributed by atoms with E-state index in [1.54, 1.807) is 0 Å². The molecule has 0 bridgehead atoms. The standard InChI is InChI=1S/C22H31N7/c1-28(2)21-18-6-4-5-7-19(18)26-22(27-21)25-17-10-8-16(9-11-17)14-23-15-20-24-12-13-29(20)3/h4-7,12-13,16-17,23H,8-11,14-15H2,1-3H3,(H,25,26,27). The van der Waals surface area contributed by atoms with Crippen molar-refractivity contribution in [3.63, 3.8) is 0 Å². The minimum absolute atomic E-state index is 0.442. The van der Waals surface area contributed by atoms with Crippen LogP contribution in [0.4, 0.5) is 11.8 Å². The number of rotatable bonds is 7. The van der Waals surface area contributed by atoms with Crippen molar-refractivity contribution in [3.8, 4) is 0 Å². The van der Waals surface area contributed by atoms with Crippen LogP contribution in [0.1, 0.15) is 31.5 Å². The molecule has 2 N–H and O–H groups in total. The zero-order valence-corrected chi connectivity index (χ0v) is 17.6. The zero-order valence-electron chi connectivity index (χ0n) is 17.6. The molecule has 0 radical (unpaired) electrons. The second-order valence-corrected chi connectivity index (χ2v) is 8.23. The van der Waals surface area contributed by atoms with Crippen molar-refractivity contribution in [1.29, 1.82) is 0 Å². The molecule has 0 amide bonds. The minimum Gasteiger partial charge on any atom is -0.362 e. The highest BCUT2D eigenvalue weighted by Gasteiger charge is 2.22. The van der Waals surface area contributed by atoms with E-state index in [9.17, 15) is 0 Å². The summed E-state index contributed by atoms with van der Waals surface area (Å²) in [6.07, 6.45) is 8.60. The molecule has 0 unspecified atom stereocenters. The Kier molecular flexibility index (Phi) is 5.94. The molecular formula is C22H31N7. The largest absolute Gasteiger partial charge is 0.362 e. The van der Waals surface area contributed by atoms with Crippen LogP contribution in [0.3, 0.4) is 0 Å². The van der Waals surface area contributed by atoms with Crippen LogP contribution < -0.4 is 15.5 Å². The zero-order chi connectivity index (χ0) is 20.2. The number of benzene rings is 1. The molecule has 7 nitrogen and oxygen atoms in total. The van der Waals surface area contributed by atoms with Gasteiger partial charge in [0.05, 0.1) is 12.1 Å². The van der Waals surface area contributed by atoms with Crippen molar-refractivity contribution in [2.24, 2.45) is 13.0 Å². The molecule has 1 aliphatic rings. The first-order valence-electron chi connectivity index (χ1n) is 10.5. The molecule has 0 saturated heterocycles. The first-order chi connectivity index (χ1) is 14.1. The first-order valence-corrected chi connectivity index (χ1v) is 10.5. The fraction of sp³-hybridized carbons (Fsp3) is 0.500. The molecule has 154 valence electrons. The molecule has 0 spiro atoms. The molecule has 29 heavy (non-hydrogen) atoms. The third-order valence-corrected chi connectivity index (χ3v) is 5.82. The normalized spacial score (nSPS) is 19.4. The maximum Gasteiger partial charge on any atom is 0.225 e. The summed E-state index contributed by atoms with van der Waals surface area (Å²) in [5, 5.41) is 8.25. The van der Waals surface area contributed by atoms with Gasteiger partial charge in [0.1, 0.15) is 11.6 Å². The van der Waals surface area contributed by atoms with E-state index in [2.05, 4.69) is 37.2 Å². The summed E-state index contributed by atoms with van der Waals surface area (Å²) in [4.78, 5) is 16.0. The number of nitrogens with one attached hydrogen (secondary N) is 2. The van der Waals surface area contributed by atoms with Crippen LogP contribution in [0.2, 0.25) is 0 Å². The van der Waals surface area contributed by atoms with E-state index >= 15 is 0 Å². The second-order valence-electron chi connectivity index (χ2n) is 8.23. The van der Waals surface area contributed by atoms with Crippen molar-refractivity contribution in [3.05, 3.63) is 42.5 Å². The molecule has 1 aromatic carbocycles. The minimum atomic E-state index is 0.442. The van der Waals surface area contributed by atoms with E-state index in [-0.39, 0.29) is 0 Å². The number of para-hydroxylation sites is 1. The Hall–Kier alpha value is -2.67. The number of hydrogen-bond donors (Lipinski definition) is 2. The number of aryl methyl sites for hydroxylation is 1. The number of fused-ring (bicyclic) bond motifs is 1. The highest BCUT2D eigenvalue weighted by molar-refractivity contribution is 5.90. The monoisotopic (exact) mass is 393 g/mol. The fourth-order valence-electron chi connectivity index (χ4n) is 4.11. The lowest BCUT2D eigenvalue weighted by molar-refractivity contribution is 0.322. The van der Waals surface area contributed by atoms with E-state index < -0.39 is 0 Å². The third kappa shape index (κ3) is 4.67. The highest BCUT2D eigenvalue weighted by Crippen LogP contribution is 2.28. The summed E-state index contributed by atoms with van der Waals surface area (Å²) >= 11 is 0. The summed E-state index contributed by atoms with van der Waals surface area (Å²) in [7, 11) is 6.10. The third-order valence-electron chi connectivity index (χ3n) is 5.82. The van der Waals surface area contributed by atoms with Gasteiger partial charge in [-0.3, -0.25) is 0 Å². The van der Waals surface area contributed by atoms with Gasteiger partial charge < -0.3 is 20.1 Å². The van der Waals surface area contributed by atoms with Gasteiger partial charge in [0, 0.05) is 45.0 Å². The summed E-state index contributed by atoms with van der Waals surface area (Å²) < 4.78 is 2.07. The first kappa shape index (κ1) is 19.6. The lowest BCUT2D eigenvalue weighted by Gasteiger charge is -2.29. The average Bonchev–Trinajstić information content (AvgIpc) is 3.13. The Labute approximate surface area is 172 Å². The Balaban J connectivity index is 1.31. The molecular weight excluding hydrogens is 362 g/mol. The fourth-order valence-corrected chi connectivity index (χ4v) is 4.11. The summed E-state index contributed by atoms with van der Waals surface area (Å²) in [5.74, 6) is 3.52. The molecule has 3 aromatic rings. The number of hydrogen-bond acceptors (Lipinski definition) is 6. The Morgan fingerprint density at radius 1 is 1.10 bits per heavy atom. The molecule has 2 aromatic heterocycles. The molecule has 0 atom stereocenters. The highest BCUT2D eigenvalue weighted by atomic mass is 15.2. The van der Waals surface area contributed by atoms with Crippen molar-refractivity contribution in [2.45, 2.75) is 38.3 Å². The van der Waals surface area contributed by atoms with Gasteiger partial charge >= 0.3 is 0 Å². The summed E-state index contributed by atoms with van der Waals surface area (Å²) in [5.41, 5.74) is 0.987. The van der Waals surface area contributed by atoms with E-state index in [0.717, 1.165) is 60.3 Å². The SMILES string of the molecule is CN(C)c1nc(NC2CCC(CNCc3nccn3C)CC2)nc2ccccc12. The van der Waals surface area contributed by atoms with Gasteiger partial charge in [0.15, 0.2) is 0 Å². The summed E-state index contributed by atoms with van der Waals surface area (Å²) in [6, 6.07) is 8.64. The number of nitrogens with zero attached hydrogens (tertiary/aromatic N) is 5. The van der Waals surface area contributed by atoms with Crippen LogP contribution in [0, 0.1) is 5.92 Å². The van der Waals surface area contributed by atoms with Gasteiger partial charge in [0.25, 0.3) is 0 Å². The van der Waals surface area contributed by atoms with Gasteiger partial charge in [-0.2, -0.15) is 4.98 Å². The lowest BCUT2D eigenvalue weighted by Crippen LogP contribution is -2.32. The number of imidazole rings is 1. The van der Waals surface area contributed by atoms with Crippen molar-refractivity contribution < 1.29 is 0 Å². The Bertz CT molecular complexity index is 941. The molecule has 1 aliphatic carbocycles. The molecule has 1 saturated carbocycles. The van der Waals surface area contributed by atoms with Crippen LogP contribution >= 0.6 is 0 Å². The van der Waals surface area contributed by atoms with Crippen molar-refractivity contribution >= 4 is 22.7 Å². The van der Waals surface area contributed by atoms with Crippen LogP contribution in [-0.2, 0) is 13.6 Å². The Morgan fingerprint density at radius 2 is 1.90 bits per heavy atom. The van der Waals surface area contributed by atoms with E-state index in [0.29, 0.717) is 6.04 Å². The second kappa shape index (κ2) is 8.78. The van der Waals surface area contributed by atoms with Crippen LogP contribution in [0.25, 0.3) is 10.9 Å². The van der Waals surface area contributed by atoms with Crippen LogP contribution in [0.15, 0.2) is 36.7 Å². The molecule has 1 fully saturated rings. The van der Waals surface area contributed by atoms with E-state index in [1.165, 1.54) is 12.8 Å². The molecule has 4 rings (SSSR count). The van der Waals surface area contributed by atoms with Gasteiger partial charge in [-0.1, -0.05) is 12.1 Å². The van der Waals surface area contributed by atoms with Crippen molar-refractivity contribution in [1.82, 2.24) is 24.8 Å². The Morgan fingerprint density at radius 3 is 2.62 bits per heavy atom. The van der Waals surface area contributed by atoms with E-state index in [4.69, 9.17) is 9.97 Å². The predicted molar refractivity (Wildman–Crippen MR) is 118 cm³/mol. The van der Waals surface area contributed by atoms with Gasteiger partial charge in [0.2, 0.25) is 5.95 Å². The molecule has 2 heterocycles. The van der Waals surface area contributed by atoms with Crippen LogP contribution in [-0.4, -0.2) is 46.2 Å². The number of anilines is 2. The summed E-state index contributed by atoms with van der Waals surface area (Å²) in [6.45, 7) is 1.89. The van der Waals surface area contributed by atoms with Gasteiger partial charge in [-0.15, -0.1) is 0 Å². The number of aromatic nitrogens is 4. The van der Waals surface area contributed by atoms with Crippen LogP contribution in [0.5, 0.6) is 0 Å². The van der Waals surface area contributed by atoms with Gasteiger partial charge in [-0.05, 0) is 50.3 Å². The van der Waals surface area contributed by atoms with Gasteiger partial charge in [-0.25, -0.2) is 9.97 Å².